The molecule has 7 N–H and O–H groups in total. The average molecular weight is 403 g/mol. The van der Waals surface area contributed by atoms with E-state index in [1.807, 2.05) is 0 Å². The SMILES string of the molecule is Nc1ncnc2c1ncn2[C@@H]1O[C@H](CSCCC(N)[P+](=O)O)[C@@H](O)[C@H]1O. The predicted molar refractivity (Wildman–Crippen MR) is 95.4 cm³/mol. The standard InChI is InChI=1S/C13H19N6O5PS/c14-7(25(22)23)1-2-26-3-6-9(20)10(21)13(24-6)19-5-18-8-11(15)16-4-17-12(8)19/h4-7,9-10,13,20-21H,1-3,14H2,(H2-,15,16,17,22,23)/p+1/t6-,7?,9-,10-,13-/m1/s1. The van der Waals surface area contributed by atoms with Crippen molar-refractivity contribution >= 4 is 36.8 Å². The first kappa shape index (κ1) is 19.4. The van der Waals surface area contributed by atoms with Gasteiger partial charge in [0.25, 0.3) is 0 Å². The van der Waals surface area contributed by atoms with Crippen LogP contribution in [0.5, 0.6) is 0 Å². The van der Waals surface area contributed by atoms with E-state index in [-0.39, 0.29) is 5.82 Å². The minimum Gasteiger partial charge on any atom is -0.387 e. The Morgan fingerprint density at radius 1 is 1.35 bits per heavy atom. The van der Waals surface area contributed by atoms with Crippen molar-refractivity contribution in [1.29, 1.82) is 0 Å². The minimum atomic E-state index is -2.40. The van der Waals surface area contributed by atoms with Crippen LogP contribution >= 0.6 is 19.8 Å². The molecule has 13 heteroatoms. The molecule has 1 fully saturated rings. The lowest BCUT2D eigenvalue weighted by Crippen LogP contribution is -2.32. The molecule has 0 aliphatic carbocycles. The zero-order chi connectivity index (χ0) is 18.8. The first-order valence-electron chi connectivity index (χ1n) is 7.83. The number of hydrogen-bond acceptors (Lipinski definition) is 10. The highest BCUT2D eigenvalue weighted by Crippen LogP contribution is 2.33. The van der Waals surface area contributed by atoms with E-state index < -0.39 is 38.4 Å². The van der Waals surface area contributed by atoms with Crippen LogP contribution in [0.3, 0.4) is 0 Å². The van der Waals surface area contributed by atoms with Crippen LogP contribution in [0.2, 0.25) is 0 Å². The number of imidazole rings is 1. The molecule has 0 spiro atoms. The maximum Gasteiger partial charge on any atom is 0.524 e. The minimum absolute atomic E-state index is 0.215. The lowest BCUT2D eigenvalue weighted by atomic mass is 10.1. The number of hydrogen-bond donors (Lipinski definition) is 5. The number of anilines is 1. The zero-order valence-corrected chi connectivity index (χ0v) is 15.3. The van der Waals surface area contributed by atoms with Gasteiger partial charge in [-0.2, -0.15) is 16.7 Å². The fourth-order valence-electron chi connectivity index (χ4n) is 2.67. The van der Waals surface area contributed by atoms with Crippen LogP contribution in [-0.2, 0) is 9.30 Å². The highest BCUT2D eigenvalue weighted by Gasteiger charge is 2.44. The summed E-state index contributed by atoms with van der Waals surface area (Å²) in [5.74, 6) is 0.376. The van der Waals surface area contributed by atoms with Gasteiger partial charge in [-0.1, -0.05) is 0 Å². The molecule has 2 aromatic heterocycles. The number of fused-ring (bicyclic) bond motifs is 1. The third-order valence-corrected chi connectivity index (χ3v) is 6.04. The van der Waals surface area contributed by atoms with Crippen LogP contribution in [0.1, 0.15) is 12.6 Å². The molecule has 1 saturated heterocycles. The second-order valence-corrected chi connectivity index (χ2v) is 8.28. The molecular formula is C13H20N6O5PS+. The number of thioether (sulfide) groups is 1. The Labute approximate surface area is 153 Å². The van der Waals surface area contributed by atoms with Gasteiger partial charge in [0, 0.05) is 12.2 Å². The first-order chi connectivity index (χ1) is 12.4. The average Bonchev–Trinajstić information content (AvgIpc) is 3.15. The van der Waals surface area contributed by atoms with E-state index in [1.165, 1.54) is 29.0 Å². The van der Waals surface area contributed by atoms with E-state index in [2.05, 4.69) is 15.0 Å². The molecule has 0 saturated carbocycles. The summed E-state index contributed by atoms with van der Waals surface area (Å²) in [6.07, 6.45) is -0.637. The molecule has 0 bridgehead atoms. The van der Waals surface area contributed by atoms with E-state index in [1.54, 1.807) is 0 Å². The van der Waals surface area contributed by atoms with Crippen molar-refractivity contribution in [3.8, 4) is 0 Å². The number of nitrogens with zero attached hydrogens (tertiary/aromatic N) is 4. The topological polar surface area (TPSA) is 183 Å². The third kappa shape index (κ3) is 3.81. The lowest BCUT2D eigenvalue weighted by Gasteiger charge is -2.16. The zero-order valence-electron chi connectivity index (χ0n) is 13.6. The van der Waals surface area contributed by atoms with Crippen molar-refractivity contribution in [3.05, 3.63) is 12.7 Å². The Bertz CT molecular complexity index is 793. The van der Waals surface area contributed by atoms with E-state index in [0.717, 1.165) is 0 Å². The van der Waals surface area contributed by atoms with E-state index >= 15 is 0 Å². The van der Waals surface area contributed by atoms with Crippen molar-refractivity contribution in [2.45, 2.75) is 36.7 Å². The van der Waals surface area contributed by atoms with E-state index in [9.17, 15) is 14.8 Å². The molecule has 11 nitrogen and oxygen atoms in total. The number of nitrogens with two attached hydrogens (primary N) is 2. The quantitative estimate of drug-likeness (QED) is 0.287. The Hall–Kier alpha value is -1.40. The number of nitrogen functional groups attached to an aromatic ring is 1. The van der Waals surface area contributed by atoms with Crippen LogP contribution in [0.15, 0.2) is 12.7 Å². The van der Waals surface area contributed by atoms with Crippen LogP contribution in [0.4, 0.5) is 5.82 Å². The summed E-state index contributed by atoms with van der Waals surface area (Å²) in [5, 5.41) is 20.6. The Morgan fingerprint density at radius 3 is 2.85 bits per heavy atom. The highest BCUT2D eigenvalue weighted by atomic mass is 32.2. The number of ether oxygens (including phenoxy) is 1. The lowest BCUT2D eigenvalue weighted by molar-refractivity contribution is -0.0289. The third-order valence-electron chi connectivity index (χ3n) is 4.12. The van der Waals surface area contributed by atoms with Gasteiger partial charge < -0.3 is 20.7 Å². The predicted octanol–water partition coefficient (Wildman–Crippen LogP) is -0.830. The first-order valence-corrected chi connectivity index (χ1v) is 10.3. The summed E-state index contributed by atoms with van der Waals surface area (Å²) in [7, 11) is -2.40. The van der Waals surface area contributed by atoms with Crippen LogP contribution in [0, 0.1) is 0 Å². The Balaban J connectivity index is 1.64. The van der Waals surface area contributed by atoms with Crippen molar-refractivity contribution in [2.24, 2.45) is 5.73 Å². The maximum absolute atomic E-state index is 10.8. The second kappa shape index (κ2) is 8.09. The monoisotopic (exact) mass is 403 g/mol. The molecule has 0 amide bonds. The van der Waals surface area contributed by atoms with Crippen molar-refractivity contribution in [2.75, 3.05) is 17.2 Å². The van der Waals surface area contributed by atoms with Gasteiger partial charge in [0.1, 0.15) is 24.1 Å². The largest absolute Gasteiger partial charge is 0.524 e. The summed E-state index contributed by atoms with van der Waals surface area (Å²) < 4.78 is 18.1. The molecule has 142 valence electrons. The molecule has 2 unspecified atom stereocenters. The Kier molecular flexibility index (Phi) is 6.03. The van der Waals surface area contributed by atoms with Gasteiger partial charge in [0.15, 0.2) is 17.7 Å². The van der Waals surface area contributed by atoms with Gasteiger partial charge in [-0.3, -0.25) is 10.3 Å². The van der Waals surface area contributed by atoms with E-state index in [4.69, 9.17) is 21.1 Å². The van der Waals surface area contributed by atoms with Crippen molar-refractivity contribution in [3.63, 3.8) is 0 Å². The molecule has 2 aromatic rings. The number of aliphatic hydroxyl groups excluding tert-OH is 2. The summed E-state index contributed by atoms with van der Waals surface area (Å²) in [6.45, 7) is 0. The smallest absolute Gasteiger partial charge is 0.387 e. The highest BCUT2D eigenvalue weighted by molar-refractivity contribution is 7.99. The normalized spacial score (nSPS) is 27.8. The molecule has 3 heterocycles. The molecular weight excluding hydrogens is 383 g/mol. The van der Waals surface area contributed by atoms with Gasteiger partial charge in [0.2, 0.25) is 5.78 Å². The second-order valence-electron chi connectivity index (χ2n) is 5.86. The summed E-state index contributed by atoms with van der Waals surface area (Å²) in [6, 6.07) is 0. The molecule has 6 atom stereocenters. The van der Waals surface area contributed by atoms with Crippen molar-refractivity contribution in [1.82, 2.24) is 19.5 Å². The van der Waals surface area contributed by atoms with E-state index in [0.29, 0.717) is 29.1 Å². The molecule has 1 aliphatic heterocycles. The summed E-state index contributed by atoms with van der Waals surface area (Å²) >= 11 is 1.42. The number of aliphatic hydroxyl groups is 2. The van der Waals surface area contributed by atoms with Gasteiger partial charge in [-0.15, -0.1) is 0 Å². The molecule has 3 rings (SSSR count). The fraction of sp³-hybridized carbons (Fsp3) is 0.615. The summed E-state index contributed by atoms with van der Waals surface area (Å²) in [4.78, 5) is 21.0. The van der Waals surface area contributed by atoms with Gasteiger partial charge in [0.05, 0.1) is 12.4 Å². The summed E-state index contributed by atoms with van der Waals surface area (Å²) in [5.41, 5.74) is 12.1. The van der Waals surface area contributed by atoms with Crippen LogP contribution < -0.4 is 11.5 Å². The Morgan fingerprint density at radius 2 is 2.12 bits per heavy atom. The van der Waals surface area contributed by atoms with Gasteiger partial charge in [-0.25, -0.2) is 15.0 Å². The number of aromatic nitrogens is 4. The number of rotatable bonds is 7. The molecule has 0 aromatic carbocycles. The molecule has 26 heavy (non-hydrogen) atoms. The maximum atomic E-state index is 10.8. The molecule has 1 aliphatic rings. The van der Waals surface area contributed by atoms with Crippen LogP contribution in [0.25, 0.3) is 11.2 Å². The van der Waals surface area contributed by atoms with Gasteiger partial charge >= 0.3 is 8.03 Å². The fourth-order valence-corrected chi connectivity index (χ4v) is 4.29. The van der Waals surface area contributed by atoms with Gasteiger partial charge in [-0.05, 0) is 10.3 Å². The van der Waals surface area contributed by atoms with Crippen molar-refractivity contribution < 1.29 is 24.4 Å². The van der Waals surface area contributed by atoms with Crippen LogP contribution in [-0.4, -0.2) is 70.2 Å². The molecule has 0 radical (unpaired) electrons.